The number of benzene rings is 2. The zero-order valence-corrected chi connectivity index (χ0v) is 12.9. The van der Waals surface area contributed by atoms with E-state index in [0.717, 1.165) is 5.56 Å². The van der Waals surface area contributed by atoms with Gasteiger partial charge >= 0.3 is 0 Å². The van der Waals surface area contributed by atoms with Crippen LogP contribution in [0, 0.1) is 11.2 Å². The van der Waals surface area contributed by atoms with E-state index >= 15 is 0 Å². The predicted octanol–water partition coefficient (Wildman–Crippen LogP) is 3.46. The second kappa shape index (κ2) is 6.58. The molecule has 0 radical (unpaired) electrons. The highest BCUT2D eigenvalue weighted by Crippen LogP contribution is 2.24. The minimum atomic E-state index is -0.434. The Bertz CT molecular complexity index is 677. The molecule has 0 aromatic heterocycles. The van der Waals surface area contributed by atoms with Crippen molar-refractivity contribution in [2.24, 2.45) is 5.73 Å². The number of hydrogen-bond acceptors (Lipinski definition) is 3. The largest absolute Gasteiger partial charge is 0.496 e. The van der Waals surface area contributed by atoms with Gasteiger partial charge in [0.2, 0.25) is 0 Å². The maximum Gasteiger partial charge on any atom is 0.166 e. The number of nitrogens with one attached hydrogen (secondary N) is 1. The highest BCUT2D eigenvalue weighted by atomic mass is 79.9. The molecule has 0 aliphatic rings. The van der Waals surface area contributed by atoms with Gasteiger partial charge in [-0.05, 0) is 35.9 Å². The van der Waals surface area contributed by atoms with Crippen LogP contribution in [0.1, 0.15) is 11.1 Å². The van der Waals surface area contributed by atoms with E-state index in [9.17, 15) is 4.39 Å². The van der Waals surface area contributed by atoms with Gasteiger partial charge in [-0.25, -0.2) is 4.39 Å². The molecular weight excluding hydrogens is 339 g/mol. The molecule has 0 saturated carbocycles. The number of amidine groups is 1. The first-order chi connectivity index (χ1) is 10.0. The molecule has 0 unspecified atom stereocenters. The van der Waals surface area contributed by atoms with E-state index in [2.05, 4.69) is 15.9 Å². The Morgan fingerprint density at radius 1 is 1.24 bits per heavy atom. The fourth-order valence-electron chi connectivity index (χ4n) is 1.80. The van der Waals surface area contributed by atoms with Crippen molar-refractivity contribution in [2.75, 3.05) is 7.11 Å². The van der Waals surface area contributed by atoms with Crippen molar-refractivity contribution in [1.29, 1.82) is 5.41 Å². The molecule has 2 rings (SSSR count). The van der Waals surface area contributed by atoms with Crippen LogP contribution in [0.4, 0.5) is 4.39 Å². The van der Waals surface area contributed by atoms with Crippen molar-refractivity contribution >= 4 is 21.8 Å². The average Bonchev–Trinajstić information content (AvgIpc) is 2.45. The first-order valence-electron chi connectivity index (χ1n) is 6.10. The van der Waals surface area contributed by atoms with Crippen molar-refractivity contribution in [2.45, 2.75) is 6.61 Å². The summed E-state index contributed by atoms with van der Waals surface area (Å²) >= 11 is 3.19. The van der Waals surface area contributed by atoms with E-state index in [1.54, 1.807) is 30.3 Å². The van der Waals surface area contributed by atoms with Crippen molar-refractivity contribution < 1.29 is 13.9 Å². The molecule has 0 amide bonds. The predicted molar refractivity (Wildman–Crippen MR) is 82.4 cm³/mol. The summed E-state index contributed by atoms with van der Waals surface area (Å²) in [5.74, 6) is 0.155. The summed E-state index contributed by atoms with van der Waals surface area (Å²) in [6.45, 7) is 0.188. The number of nitrogens with two attached hydrogens (primary N) is 1. The van der Waals surface area contributed by atoms with Crippen LogP contribution in [0.2, 0.25) is 0 Å². The monoisotopic (exact) mass is 352 g/mol. The van der Waals surface area contributed by atoms with Crippen molar-refractivity contribution in [1.82, 2.24) is 0 Å². The minimum absolute atomic E-state index is 0.0710. The third-order valence-corrected chi connectivity index (χ3v) is 3.34. The van der Waals surface area contributed by atoms with Gasteiger partial charge in [0.1, 0.15) is 18.2 Å². The molecule has 0 fully saturated rings. The molecule has 0 spiro atoms. The van der Waals surface area contributed by atoms with Crippen LogP contribution in [0.3, 0.4) is 0 Å². The molecule has 0 aliphatic carbocycles. The standard InChI is InChI=1S/C15H14BrFN2O2/c1-20-14-6-9(2-4-11(14)15(18)19)8-21-13-5-3-10(16)7-12(13)17/h2-7H,8H2,1H3,(H3,18,19). The van der Waals surface area contributed by atoms with Gasteiger partial charge in [0.05, 0.1) is 12.7 Å². The Morgan fingerprint density at radius 2 is 2.00 bits per heavy atom. The average molecular weight is 353 g/mol. The van der Waals surface area contributed by atoms with Crippen LogP contribution >= 0.6 is 15.9 Å². The van der Waals surface area contributed by atoms with Gasteiger partial charge in [-0.2, -0.15) is 0 Å². The molecule has 0 bridgehead atoms. The highest BCUT2D eigenvalue weighted by molar-refractivity contribution is 9.10. The first-order valence-corrected chi connectivity index (χ1v) is 6.89. The van der Waals surface area contributed by atoms with E-state index in [1.807, 2.05) is 0 Å². The van der Waals surface area contributed by atoms with Gasteiger partial charge in [0.25, 0.3) is 0 Å². The van der Waals surface area contributed by atoms with Gasteiger partial charge in [-0.1, -0.05) is 22.0 Å². The lowest BCUT2D eigenvalue weighted by Crippen LogP contribution is -2.12. The van der Waals surface area contributed by atoms with Crippen LogP contribution in [0.5, 0.6) is 11.5 Å². The topological polar surface area (TPSA) is 68.3 Å². The minimum Gasteiger partial charge on any atom is -0.496 e. The molecule has 2 aromatic carbocycles. The van der Waals surface area contributed by atoms with Crippen LogP contribution in [-0.4, -0.2) is 12.9 Å². The third-order valence-electron chi connectivity index (χ3n) is 2.84. The molecule has 0 atom stereocenters. The van der Waals surface area contributed by atoms with E-state index < -0.39 is 5.82 Å². The highest BCUT2D eigenvalue weighted by Gasteiger charge is 2.09. The maximum atomic E-state index is 13.6. The zero-order valence-electron chi connectivity index (χ0n) is 11.3. The first kappa shape index (κ1) is 15.3. The Kier molecular flexibility index (Phi) is 4.80. The molecule has 0 saturated heterocycles. The number of halogens is 2. The lowest BCUT2D eigenvalue weighted by atomic mass is 10.1. The van der Waals surface area contributed by atoms with Gasteiger partial charge < -0.3 is 15.2 Å². The molecule has 3 N–H and O–H groups in total. The van der Waals surface area contributed by atoms with E-state index in [4.69, 9.17) is 20.6 Å². The second-order valence-corrected chi connectivity index (χ2v) is 5.23. The summed E-state index contributed by atoms with van der Waals surface area (Å²) in [6.07, 6.45) is 0. The molecule has 6 heteroatoms. The van der Waals surface area contributed by atoms with Crippen LogP contribution < -0.4 is 15.2 Å². The van der Waals surface area contributed by atoms with Crippen molar-refractivity contribution in [3.63, 3.8) is 0 Å². The molecule has 4 nitrogen and oxygen atoms in total. The van der Waals surface area contributed by atoms with Crippen LogP contribution in [0.15, 0.2) is 40.9 Å². The SMILES string of the molecule is COc1cc(COc2ccc(Br)cc2F)ccc1C(=N)N. The van der Waals surface area contributed by atoms with Gasteiger partial charge in [-0.3, -0.25) is 5.41 Å². The van der Waals surface area contributed by atoms with Gasteiger partial charge in [0.15, 0.2) is 11.6 Å². The summed E-state index contributed by atoms with van der Waals surface area (Å²) in [5, 5.41) is 7.45. The summed E-state index contributed by atoms with van der Waals surface area (Å²) in [7, 11) is 1.50. The molecule has 21 heavy (non-hydrogen) atoms. The molecular formula is C15H14BrFN2O2. The van der Waals surface area contributed by atoms with Crippen LogP contribution in [0.25, 0.3) is 0 Å². The molecule has 110 valence electrons. The number of ether oxygens (including phenoxy) is 2. The fourth-order valence-corrected chi connectivity index (χ4v) is 2.13. The van der Waals surface area contributed by atoms with Crippen molar-refractivity contribution in [3.8, 4) is 11.5 Å². The maximum absolute atomic E-state index is 13.6. The quantitative estimate of drug-likeness (QED) is 0.639. The second-order valence-electron chi connectivity index (χ2n) is 4.31. The van der Waals surface area contributed by atoms with Gasteiger partial charge in [0, 0.05) is 4.47 Å². The Balaban J connectivity index is 2.15. The number of methoxy groups -OCH3 is 1. The molecule has 0 heterocycles. The smallest absolute Gasteiger partial charge is 0.166 e. The lowest BCUT2D eigenvalue weighted by Gasteiger charge is -2.11. The Labute approximate surface area is 130 Å². The van der Waals surface area contributed by atoms with E-state index in [0.29, 0.717) is 15.8 Å². The molecule has 0 aliphatic heterocycles. The van der Waals surface area contributed by atoms with Crippen molar-refractivity contribution in [3.05, 3.63) is 57.8 Å². The number of rotatable bonds is 5. The van der Waals surface area contributed by atoms with Gasteiger partial charge in [-0.15, -0.1) is 0 Å². The van der Waals surface area contributed by atoms with E-state index in [1.165, 1.54) is 13.2 Å². The Morgan fingerprint density at radius 3 is 2.62 bits per heavy atom. The fraction of sp³-hybridized carbons (Fsp3) is 0.133. The molecule has 2 aromatic rings. The summed E-state index contributed by atoms with van der Waals surface area (Å²) in [5.41, 5.74) is 6.76. The normalized spacial score (nSPS) is 10.2. The van der Waals surface area contributed by atoms with E-state index in [-0.39, 0.29) is 18.2 Å². The number of nitrogen functional groups attached to an aromatic ring is 1. The lowest BCUT2D eigenvalue weighted by molar-refractivity contribution is 0.289. The number of hydrogen-bond donors (Lipinski definition) is 2. The summed E-state index contributed by atoms with van der Waals surface area (Å²) < 4.78 is 24.9. The third kappa shape index (κ3) is 3.72. The Hall–Kier alpha value is -2.08. The zero-order chi connectivity index (χ0) is 15.4. The summed E-state index contributed by atoms with van der Waals surface area (Å²) in [4.78, 5) is 0. The summed E-state index contributed by atoms with van der Waals surface area (Å²) in [6, 6.07) is 9.76. The van der Waals surface area contributed by atoms with Crippen LogP contribution in [-0.2, 0) is 6.61 Å².